The molecule has 1 aliphatic rings. The molecule has 2 N–H and O–H groups in total. The van der Waals surface area contributed by atoms with Gasteiger partial charge in [0.1, 0.15) is 10.7 Å². The van der Waals surface area contributed by atoms with Crippen LogP contribution in [0.3, 0.4) is 0 Å². The van der Waals surface area contributed by atoms with E-state index in [4.69, 9.17) is 0 Å². The van der Waals surface area contributed by atoms with E-state index in [1.54, 1.807) is 24.6 Å². The lowest BCUT2D eigenvalue weighted by molar-refractivity contribution is 0.0952. The summed E-state index contributed by atoms with van der Waals surface area (Å²) in [4.78, 5) is 24.4. The fraction of sp³-hybridized carbons (Fsp3) is 0.357. The number of rotatable bonds is 4. The third-order valence-corrected chi connectivity index (χ3v) is 4.11. The van der Waals surface area contributed by atoms with Crippen molar-refractivity contribution in [3.05, 3.63) is 34.5 Å². The molecule has 21 heavy (non-hydrogen) atoms. The van der Waals surface area contributed by atoms with Crippen LogP contribution in [0.4, 0.5) is 5.00 Å². The lowest BCUT2D eigenvalue weighted by atomic mass is 10.3. The van der Waals surface area contributed by atoms with Gasteiger partial charge in [0, 0.05) is 13.1 Å². The van der Waals surface area contributed by atoms with Gasteiger partial charge in [-0.3, -0.25) is 14.3 Å². The standard InChI is InChI=1S/C14H16N4O2S/c1-8-7-11(18(2)17-8)13(20)16-14-10(5-6-21-14)12(19)15-9-3-4-9/h5-7,9H,3-4H2,1-2H3,(H,15,19)(H,16,20). The Bertz CT molecular complexity index is 700. The van der Waals surface area contributed by atoms with Crippen LogP contribution in [0.15, 0.2) is 17.5 Å². The molecular formula is C14H16N4O2S. The minimum absolute atomic E-state index is 0.129. The van der Waals surface area contributed by atoms with Crippen molar-refractivity contribution in [1.29, 1.82) is 0 Å². The molecule has 110 valence electrons. The van der Waals surface area contributed by atoms with Crippen LogP contribution in [0.2, 0.25) is 0 Å². The normalized spacial score (nSPS) is 14.0. The van der Waals surface area contributed by atoms with Crippen molar-refractivity contribution in [2.45, 2.75) is 25.8 Å². The number of hydrogen-bond donors (Lipinski definition) is 2. The van der Waals surface area contributed by atoms with Crippen LogP contribution in [0.5, 0.6) is 0 Å². The number of carbonyl (C=O) groups is 2. The van der Waals surface area contributed by atoms with Crippen LogP contribution in [-0.4, -0.2) is 27.6 Å². The van der Waals surface area contributed by atoms with Gasteiger partial charge < -0.3 is 10.6 Å². The summed E-state index contributed by atoms with van der Waals surface area (Å²) in [5.41, 5.74) is 1.76. The number of hydrogen-bond acceptors (Lipinski definition) is 4. The van der Waals surface area contributed by atoms with Crippen molar-refractivity contribution >= 4 is 28.2 Å². The molecule has 2 aromatic heterocycles. The third-order valence-electron chi connectivity index (χ3n) is 3.28. The molecule has 0 radical (unpaired) electrons. The average Bonchev–Trinajstić information content (AvgIpc) is 2.99. The second-order valence-electron chi connectivity index (χ2n) is 5.16. The van der Waals surface area contributed by atoms with E-state index in [9.17, 15) is 9.59 Å². The Balaban J connectivity index is 1.75. The summed E-state index contributed by atoms with van der Waals surface area (Å²) in [5, 5.41) is 12.2. The Labute approximate surface area is 126 Å². The van der Waals surface area contributed by atoms with Crippen molar-refractivity contribution in [2.75, 3.05) is 5.32 Å². The SMILES string of the molecule is Cc1cc(C(=O)Nc2sccc2C(=O)NC2CC2)n(C)n1. The Morgan fingerprint density at radius 3 is 2.76 bits per heavy atom. The molecule has 3 rings (SSSR count). The van der Waals surface area contributed by atoms with Gasteiger partial charge >= 0.3 is 0 Å². The first-order valence-electron chi connectivity index (χ1n) is 6.75. The molecule has 1 aliphatic carbocycles. The van der Waals surface area contributed by atoms with Crippen LogP contribution in [0.1, 0.15) is 39.4 Å². The quantitative estimate of drug-likeness (QED) is 0.906. The third kappa shape index (κ3) is 2.97. The zero-order chi connectivity index (χ0) is 15.0. The molecule has 0 saturated heterocycles. The lowest BCUT2D eigenvalue weighted by Gasteiger charge is -2.07. The zero-order valence-corrected chi connectivity index (χ0v) is 12.7. The van der Waals surface area contributed by atoms with Gasteiger partial charge in [-0.15, -0.1) is 11.3 Å². The van der Waals surface area contributed by atoms with Crippen LogP contribution < -0.4 is 10.6 Å². The van der Waals surface area contributed by atoms with Gasteiger partial charge in [0.2, 0.25) is 0 Å². The Morgan fingerprint density at radius 2 is 2.14 bits per heavy atom. The van der Waals surface area contributed by atoms with E-state index in [-0.39, 0.29) is 11.8 Å². The smallest absolute Gasteiger partial charge is 0.274 e. The maximum atomic E-state index is 12.3. The molecule has 2 heterocycles. The van der Waals surface area contributed by atoms with E-state index < -0.39 is 0 Å². The van der Waals surface area contributed by atoms with E-state index in [1.807, 2.05) is 6.92 Å². The molecule has 0 bridgehead atoms. The average molecular weight is 304 g/mol. The molecule has 7 heteroatoms. The summed E-state index contributed by atoms with van der Waals surface area (Å²) >= 11 is 1.34. The van der Waals surface area contributed by atoms with Crippen molar-refractivity contribution < 1.29 is 9.59 Å². The van der Waals surface area contributed by atoms with Gasteiger partial charge in [-0.2, -0.15) is 5.10 Å². The van der Waals surface area contributed by atoms with Crippen molar-refractivity contribution in [1.82, 2.24) is 15.1 Å². The summed E-state index contributed by atoms with van der Waals surface area (Å²) in [5.74, 6) is -0.392. The summed E-state index contributed by atoms with van der Waals surface area (Å²) in [6.45, 7) is 1.83. The summed E-state index contributed by atoms with van der Waals surface area (Å²) in [6.07, 6.45) is 2.07. The first-order chi connectivity index (χ1) is 10.0. The highest BCUT2D eigenvalue weighted by atomic mass is 32.1. The summed E-state index contributed by atoms with van der Waals surface area (Å²) in [6, 6.07) is 3.74. The number of carbonyl (C=O) groups excluding carboxylic acids is 2. The highest BCUT2D eigenvalue weighted by molar-refractivity contribution is 7.14. The molecule has 2 amide bonds. The van der Waals surface area contributed by atoms with Gasteiger partial charge in [0.15, 0.2) is 0 Å². The van der Waals surface area contributed by atoms with Crippen LogP contribution in [0, 0.1) is 6.92 Å². The molecule has 1 saturated carbocycles. The van der Waals surface area contributed by atoms with Crippen molar-refractivity contribution in [3.8, 4) is 0 Å². The van der Waals surface area contributed by atoms with Gasteiger partial charge in [-0.1, -0.05) is 0 Å². The second kappa shape index (κ2) is 5.33. The van der Waals surface area contributed by atoms with Gasteiger partial charge in [-0.25, -0.2) is 0 Å². The maximum Gasteiger partial charge on any atom is 0.274 e. The molecular weight excluding hydrogens is 288 g/mol. The zero-order valence-electron chi connectivity index (χ0n) is 11.8. The van der Waals surface area contributed by atoms with Gasteiger partial charge in [0.25, 0.3) is 11.8 Å². The van der Waals surface area contributed by atoms with Crippen LogP contribution in [-0.2, 0) is 7.05 Å². The van der Waals surface area contributed by atoms with E-state index in [0.29, 0.717) is 22.3 Å². The minimum atomic E-state index is -0.263. The predicted molar refractivity (Wildman–Crippen MR) is 80.7 cm³/mol. The fourth-order valence-corrected chi connectivity index (χ4v) is 2.85. The number of nitrogens with zero attached hydrogens (tertiary/aromatic N) is 2. The van der Waals surface area contributed by atoms with Crippen LogP contribution in [0.25, 0.3) is 0 Å². The van der Waals surface area contributed by atoms with Crippen molar-refractivity contribution in [2.24, 2.45) is 7.05 Å². The fourth-order valence-electron chi connectivity index (χ4n) is 2.07. The molecule has 2 aromatic rings. The second-order valence-corrected chi connectivity index (χ2v) is 6.08. The first-order valence-corrected chi connectivity index (χ1v) is 7.63. The lowest BCUT2D eigenvalue weighted by Crippen LogP contribution is -2.26. The van der Waals surface area contributed by atoms with Gasteiger partial charge in [0.05, 0.1) is 11.3 Å². The Hall–Kier alpha value is -2.15. The summed E-state index contributed by atoms with van der Waals surface area (Å²) in [7, 11) is 1.72. The highest BCUT2D eigenvalue weighted by Crippen LogP contribution is 2.26. The first kappa shape index (κ1) is 13.8. The predicted octanol–water partition coefficient (Wildman–Crippen LogP) is 1.93. The number of thiophene rings is 1. The molecule has 0 unspecified atom stereocenters. The number of anilines is 1. The number of aromatic nitrogens is 2. The number of aryl methyl sites for hydroxylation is 2. The number of nitrogens with one attached hydrogen (secondary N) is 2. The molecule has 0 aliphatic heterocycles. The van der Waals surface area contributed by atoms with Crippen LogP contribution >= 0.6 is 11.3 Å². The molecule has 6 nitrogen and oxygen atoms in total. The maximum absolute atomic E-state index is 12.3. The van der Waals surface area contributed by atoms with E-state index >= 15 is 0 Å². The van der Waals surface area contributed by atoms with E-state index in [2.05, 4.69) is 15.7 Å². The molecule has 0 aromatic carbocycles. The number of amides is 2. The van der Waals surface area contributed by atoms with E-state index in [1.165, 1.54) is 16.0 Å². The van der Waals surface area contributed by atoms with E-state index in [0.717, 1.165) is 18.5 Å². The summed E-state index contributed by atoms with van der Waals surface area (Å²) < 4.78 is 1.53. The Kier molecular flexibility index (Phi) is 3.50. The largest absolute Gasteiger partial charge is 0.349 e. The van der Waals surface area contributed by atoms with Crippen molar-refractivity contribution in [3.63, 3.8) is 0 Å². The minimum Gasteiger partial charge on any atom is -0.349 e. The Morgan fingerprint density at radius 1 is 1.38 bits per heavy atom. The molecule has 1 fully saturated rings. The monoisotopic (exact) mass is 304 g/mol. The molecule has 0 atom stereocenters. The van der Waals surface area contributed by atoms with Gasteiger partial charge in [-0.05, 0) is 37.3 Å². The molecule has 0 spiro atoms. The highest BCUT2D eigenvalue weighted by Gasteiger charge is 2.25. The topological polar surface area (TPSA) is 76.0 Å².